The van der Waals surface area contributed by atoms with Gasteiger partial charge in [-0.1, -0.05) is 20.8 Å². The average Bonchev–Trinajstić information content (AvgIpc) is 3.00. The number of amides is 1. The zero-order valence-corrected chi connectivity index (χ0v) is 13.7. The lowest BCUT2D eigenvalue weighted by molar-refractivity contribution is 0.0776. The van der Waals surface area contributed by atoms with Crippen molar-refractivity contribution in [2.45, 2.75) is 46.2 Å². The first-order chi connectivity index (χ1) is 10.3. The number of carbonyl (C=O) groups excluding carboxylic acids is 1. The molecule has 1 fully saturated rings. The monoisotopic (exact) mass is 306 g/mol. The van der Waals surface area contributed by atoms with E-state index < -0.39 is 0 Å². The quantitative estimate of drug-likeness (QED) is 0.898. The third kappa shape index (κ3) is 3.11. The zero-order chi connectivity index (χ0) is 15.9. The Balaban J connectivity index is 1.69. The molecule has 1 saturated heterocycles. The van der Waals surface area contributed by atoms with Crippen molar-refractivity contribution in [3.63, 3.8) is 0 Å². The maximum absolute atomic E-state index is 12.7. The molecule has 1 amide bonds. The highest BCUT2D eigenvalue weighted by atomic mass is 16.5. The number of hydrogen-bond acceptors (Lipinski definition) is 4. The van der Waals surface area contributed by atoms with Gasteiger partial charge in [-0.3, -0.25) is 4.79 Å². The molecule has 0 unspecified atom stereocenters. The number of hydrogen-bond donors (Lipinski definition) is 1. The van der Waals surface area contributed by atoms with Gasteiger partial charge < -0.3 is 15.4 Å². The van der Waals surface area contributed by atoms with Gasteiger partial charge in [0.2, 0.25) is 5.88 Å². The minimum atomic E-state index is -0.0302. The fourth-order valence-electron chi connectivity index (χ4n) is 3.40. The first kappa shape index (κ1) is 15.3. The molecule has 6 nitrogen and oxygen atoms in total. The van der Waals surface area contributed by atoms with Gasteiger partial charge in [-0.2, -0.15) is 5.10 Å². The molecule has 2 N–H and O–H groups in total. The summed E-state index contributed by atoms with van der Waals surface area (Å²) in [6.07, 6.45) is 1.96. The number of nitrogens with two attached hydrogens (primary N) is 1. The van der Waals surface area contributed by atoms with E-state index in [0.717, 1.165) is 25.9 Å². The van der Waals surface area contributed by atoms with Crippen molar-refractivity contribution >= 4 is 5.91 Å². The normalized spacial score (nSPS) is 25.0. The van der Waals surface area contributed by atoms with Gasteiger partial charge in [0.15, 0.2) is 5.69 Å². The number of aryl methyl sites for hydroxylation is 1. The Bertz CT molecular complexity index is 537. The summed E-state index contributed by atoms with van der Waals surface area (Å²) in [6.45, 7) is 9.49. The van der Waals surface area contributed by atoms with Crippen molar-refractivity contribution in [1.82, 2.24) is 14.7 Å². The standard InChI is InChI=1S/C16H26N4O2/c1-16(2,3)8-11-9-19(10-12(11)17)15(21)13-7-14-20(18-13)5-4-6-22-14/h7,11-12H,4-6,8-10,17H2,1-3H3/t11-,12-/m1/s1. The Kier molecular flexibility index (Phi) is 3.89. The van der Waals surface area contributed by atoms with Crippen molar-refractivity contribution in [3.05, 3.63) is 11.8 Å². The summed E-state index contributed by atoms with van der Waals surface area (Å²) >= 11 is 0. The van der Waals surface area contributed by atoms with Crippen LogP contribution in [0.2, 0.25) is 0 Å². The van der Waals surface area contributed by atoms with Crippen molar-refractivity contribution in [3.8, 4) is 5.88 Å². The summed E-state index contributed by atoms with van der Waals surface area (Å²) in [5, 5.41) is 4.38. The van der Waals surface area contributed by atoms with E-state index in [1.165, 1.54) is 0 Å². The third-order valence-electron chi connectivity index (χ3n) is 4.38. The summed E-state index contributed by atoms with van der Waals surface area (Å²) < 4.78 is 7.31. The first-order valence-electron chi connectivity index (χ1n) is 8.09. The number of likely N-dealkylation sites (tertiary alicyclic amines) is 1. The molecule has 2 aliphatic heterocycles. The summed E-state index contributed by atoms with van der Waals surface area (Å²) in [6, 6.07) is 1.81. The fraction of sp³-hybridized carbons (Fsp3) is 0.750. The minimum absolute atomic E-state index is 0.0302. The summed E-state index contributed by atoms with van der Waals surface area (Å²) in [5.74, 6) is 1.03. The molecule has 3 rings (SSSR count). The highest BCUT2D eigenvalue weighted by Crippen LogP contribution is 2.30. The molecule has 122 valence electrons. The van der Waals surface area contributed by atoms with Crippen molar-refractivity contribution in [1.29, 1.82) is 0 Å². The number of carbonyl (C=O) groups is 1. The summed E-state index contributed by atoms with van der Waals surface area (Å²) in [7, 11) is 0. The maximum atomic E-state index is 12.7. The number of nitrogens with zero attached hydrogens (tertiary/aromatic N) is 3. The average molecular weight is 306 g/mol. The van der Waals surface area contributed by atoms with Gasteiger partial charge >= 0.3 is 0 Å². The van der Waals surface area contributed by atoms with Crippen LogP contribution in [0.5, 0.6) is 5.88 Å². The molecular formula is C16H26N4O2. The number of aromatic nitrogens is 2. The molecule has 6 heteroatoms. The van der Waals surface area contributed by atoms with E-state index in [9.17, 15) is 4.79 Å². The molecule has 2 atom stereocenters. The molecule has 1 aromatic heterocycles. The second-order valence-electron chi connectivity index (χ2n) is 7.69. The van der Waals surface area contributed by atoms with Crippen molar-refractivity contribution in [2.75, 3.05) is 19.7 Å². The first-order valence-corrected chi connectivity index (χ1v) is 8.09. The van der Waals surface area contributed by atoms with Crippen LogP contribution in [-0.4, -0.2) is 46.3 Å². The van der Waals surface area contributed by atoms with Gasteiger partial charge in [-0.15, -0.1) is 0 Å². The Morgan fingerprint density at radius 2 is 2.23 bits per heavy atom. The Morgan fingerprint density at radius 3 is 2.91 bits per heavy atom. The zero-order valence-electron chi connectivity index (χ0n) is 13.7. The summed E-state index contributed by atoms with van der Waals surface area (Å²) in [4.78, 5) is 14.5. The maximum Gasteiger partial charge on any atom is 0.274 e. The lowest BCUT2D eigenvalue weighted by Gasteiger charge is -2.24. The van der Waals surface area contributed by atoms with E-state index in [-0.39, 0.29) is 17.4 Å². The second-order valence-corrected chi connectivity index (χ2v) is 7.69. The molecule has 0 aliphatic carbocycles. The molecule has 0 spiro atoms. The van der Waals surface area contributed by atoms with Gasteiger partial charge in [-0.05, 0) is 17.8 Å². The van der Waals surface area contributed by atoms with Crippen molar-refractivity contribution < 1.29 is 9.53 Å². The third-order valence-corrected chi connectivity index (χ3v) is 4.38. The molecule has 22 heavy (non-hydrogen) atoms. The van der Waals surface area contributed by atoms with Crippen LogP contribution in [-0.2, 0) is 6.54 Å². The van der Waals surface area contributed by atoms with Crippen LogP contribution >= 0.6 is 0 Å². The molecule has 1 aromatic rings. The van der Waals surface area contributed by atoms with Crippen molar-refractivity contribution in [2.24, 2.45) is 17.1 Å². The minimum Gasteiger partial charge on any atom is -0.478 e. The van der Waals surface area contributed by atoms with E-state index >= 15 is 0 Å². The molecule has 3 heterocycles. The Labute approximate surface area is 131 Å². The predicted octanol–water partition coefficient (Wildman–Crippen LogP) is 1.50. The molecule has 0 radical (unpaired) electrons. The number of ether oxygens (including phenoxy) is 1. The summed E-state index contributed by atoms with van der Waals surface area (Å²) in [5.41, 5.74) is 6.94. The largest absolute Gasteiger partial charge is 0.478 e. The van der Waals surface area contributed by atoms with Crippen LogP contribution in [0.4, 0.5) is 0 Å². The van der Waals surface area contributed by atoms with Crippen LogP contribution in [0.1, 0.15) is 44.1 Å². The van der Waals surface area contributed by atoms with E-state index in [1.54, 1.807) is 10.7 Å². The lowest BCUT2D eigenvalue weighted by Crippen LogP contribution is -2.33. The van der Waals surface area contributed by atoms with Crippen LogP contribution < -0.4 is 10.5 Å². The number of fused-ring (bicyclic) bond motifs is 1. The van der Waals surface area contributed by atoms with E-state index in [2.05, 4.69) is 25.9 Å². The Morgan fingerprint density at radius 1 is 1.45 bits per heavy atom. The molecule has 2 aliphatic rings. The second kappa shape index (κ2) is 5.57. The Hall–Kier alpha value is -1.56. The fourth-order valence-corrected chi connectivity index (χ4v) is 3.40. The van der Waals surface area contributed by atoms with Gasteiger partial charge in [0.05, 0.1) is 6.61 Å². The predicted molar refractivity (Wildman–Crippen MR) is 83.8 cm³/mol. The van der Waals surface area contributed by atoms with Crippen LogP contribution in [0, 0.1) is 11.3 Å². The van der Waals surface area contributed by atoms with Crippen LogP contribution in [0.3, 0.4) is 0 Å². The highest BCUT2D eigenvalue weighted by molar-refractivity contribution is 5.92. The van der Waals surface area contributed by atoms with E-state index in [1.807, 2.05) is 4.90 Å². The van der Waals surface area contributed by atoms with E-state index in [4.69, 9.17) is 10.5 Å². The van der Waals surface area contributed by atoms with Crippen LogP contribution in [0.25, 0.3) is 0 Å². The smallest absolute Gasteiger partial charge is 0.274 e. The lowest BCUT2D eigenvalue weighted by atomic mass is 9.83. The molecule has 0 bridgehead atoms. The molecule has 0 aromatic carbocycles. The van der Waals surface area contributed by atoms with Crippen LogP contribution in [0.15, 0.2) is 6.07 Å². The number of rotatable bonds is 2. The van der Waals surface area contributed by atoms with E-state index in [0.29, 0.717) is 30.6 Å². The molecule has 0 saturated carbocycles. The SMILES string of the molecule is CC(C)(C)C[C@@H]1CN(C(=O)c2cc3n(n2)CCCO3)C[C@H]1N. The van der Waals surface area contributed by atoms with Gasteiger partial charge in [0.25, 0.3) is 5.91 Å². The van der Waals surface area contributed by atoms with Gasteiger partial charge in [-0.25, -0.2) is 4.68 Å². The van der Waals surface area contributed by atoms with Gasteiger partial charge in [0, 0.05) is 38.2 Å². The molecular weight excluding hydrogens is 280 g/mol. The topological polar surface area (TPSA) is 73.4 Å². The highest BCUT2D eigenvalue weighted by Gasteiger charge is 2.36. The van der Waals surface area contributed by atoms with Gasteiger partial charge in [0.1, 0.15) is 0 Å².